The molecule has 0 bridgehead atoms. The van der Waals surface area contributed by atoms with Crippen LogP contribution in [0.5, 0.6) is 0 Å². The van der Waals surface area contributed by atoms with Crippen LogP contribution < -0.4 is 5.73 Å². The monoisotopic (exact) mass is 348 g/mol. The lowest BCUT2D eigenvalue weighted by Crippen LogP contribution is -2.26. The Morgan fingerprint density at radius 1 is 1.28 bits per heavy atom. The molecule has 0 unspecified atom stereocenters. The lowest BCUT2D eigenvalue weighted by molar-refractivity contribution is -0.0457. The molecular formula is C18H22F2N4O. The van der Waals surface area contributed by atoms with Gasteiger partial charge in [-0.05, 0) is 57.2 Å². The third kappa shape index (κ3) is 4.03. The fraction of sp³-hybridized carbons (Fsp3) is 0.500. The van der Waals surface area contributed by atoms with Crippen LogP contribution in [0.3, 0.4) is 0 Å². The number of carbonyl (C=O) groups excluding carboxylic acids is 1. The lowest BCUT2D eigenvalue weighted by atomic mass is 9.84. The van der Waals surface area contributed by atoms with Crippen molar-refractivity contribution in [1.82, 2.24) is 14.8 Å². The summed E-state index contributed by atoms with van der Waals surface area (Å²) in [5.41, 5.74) is 8.24. The molecule has 0 atom stereocenters. The quantitative estimate of drug-likeness (QED) is 0.921. The Morgan fingerprint density at radius 2 is 1.96 bits per heavy atom. The van der Waals surface area contributed by atoms with Crippen molar-refractivity contribution in [3.63, 3.8) is 0 Å². The summed E-state index contributed by atoms with van der Waals surface area (Å²) < 4.78 is 28.3. The van der Waals surface area contributed by atoms with Crippen LogP contribution >= 0.6 is 0 Å². The van der Waals surface area contributed by atoms with E-state index in [0.29, 0.717) is 36.3 Å². The van der Waals surface area contributed by atoms with Gasteiger partial charge in [0.15, 0.2) is 5.82 Å². The highest BCUT2D eigenvalue weighted by molar-refractivity contribution is 5.93. The van der Waals surface area contributed by atoms with Crippen LogP contribution in [0.1, 0.15) is 53.1 Å². The summed E-state index contributed by atoms with van der Waals surface area (Å²) in [5.74, 6) is -2.42. The Morgan fingerprint density at radius 3 is 2.52 bits per heavy atom. The van der Waals surface area contributed by atoms with Crippen molar-refractivity contribution in [1.29, 1.82) is 0 Å². The maximum Gasteiger partial charge on any atom is 0.248 e. The van der Waals surface area contributed by atoms with Crippen LogP contribution in [-0.2, 0) is 6.42 Å². The second kappa shape index (κ2) is 6.54. The molecule has 5 nitrogen and oxygen atoms in total. The average molecular weight is 348 g/mol. The van der Waals surface area contributed by atoms with Crippen molar-refractivity contribution in [3.8, 4) is 5.82 Å². The Kier molecular flexibility index (Phi) is 4.58. The highest BCUT2D eigenvalue weighted by Gasteiger charge is 2.35. The third-order valence-electron chi connectivity index (χ3n) is 4.71. The first-order valence-electron chi connectivity index (χ1n) is 8.46. The molecular weight excluding hydrogens is 326 g/mol. The average Bonchev–Trinajstić information content (AvgIpc) is 2.88. The number of aromatic nitrogens is 3. The number of aryl methyl sites for hydroxylation is 2. The van der Waals surface area contributed by atoms with Gasteiger partial charge in [0, 0.05) is 29.8 Å². The first-order valence-corrected chi connectivity index (χ1v) is 8.46. The zero-order valence-electron chi connectivity index (χ0n) is 14.4. The summed E-state index contributed by atoms with van der Waals surface area (Å²) in [6.07, 6.45) is 1.31. The van der Waals surface area contributed by atoms with Crippen LogP contribution in [0.4, 0.5) is 8.78 Å². The molecule has 0 spiro atoms. The van der Waals surface area contributed by atoms with E-state index in [9.17, 15) is 13.6 Å². The summed E-state index contributed by atoms with van der Waals surface area (Å²) in [5, 5.41) is 4.39. The minimum absolute atomic E-state index is 0.0858. The van der Waals surface area contributed by atoms with Gasteiger partial charge in [-0.25, -0.2) is 18.4 Å². The zero-order chi connectivity index (χ0) is 18.2. The number of hydrogen-bond acceptors (Lipinski definition) is 3. The minimum Gasteiger partial charge on any atom is -0.366 e. The summed E-state index contributed by atoms with van der Waals surface area (Å²) in [4.78, 5) is 16.3. The predicted molar refractivity (Wildman–Crippen MR) is 90.0 cm³/mol. The molecule has 1 amide bonds. The van der Waals surface area contributed by atoms with Crippen LogP contribution in [0.25, 0.3) is 5.82 Å². The molecule has 1 fully saturated rings. The van der Waals surface area contributed by atoms with E-state index >= 15 is 0 Å². The van der Waals surface area contributed by atoms with E-state index in [4.69, 9.17) is 5.73 Å². The number of pyridine rings is 1. The van der Waals surface area contributed by atoms with Gasteiger partial charge in [-0.2, -0.15) is 5.10 Å². The molecule has 1 aliphatic rings. The molecule has 25 heavy (non-hydrogen) atoms. The van der Waals surface area contributed by atoms with Crippen LogP contribution in [0.15, 0.2) is 18.2 Å². The van der Waals surface area contributed by atoms with Gasteiger partial charge in [-0.3, -0.25) is 4.79 Å². The number of carbonyl (C=O) groups is 1. The highest BCUT2D eigenvalue weighted by atomic mass is 19.3. The topological polar surface area (TPSA) is 73.8 Å². The molecule has 7 heteroatoms. The Balaban J connectivity index is 1.89. The molecule has 2 aromatic heterocycles. The largest absolute Gasteiger partial charge is 0.366 e. The van der Waals surface area contributed by atoms with E-state index in [-0.39, 0.29) is 18.8 Å². The summed E-state index contributed by atoms with van der Waals surface area (Å²) in [6.45, 7) is 3.78. The maximum absolute atomic E-state index is 13.3. The van der Waals surface area contributed by atoms with Crippen molar-refractivity contribution in [3.05, 3.63) is 40.8 Å². The van der Waals surface area contributed by atoms with Gasteiger partial charge in [0.1, 0.15) is 0 Å². The van der Waals surface area contributed by atoms with Gasteiger partial charge in [0.2, 0.25) is 11.8 Å². The minimum atomic E-state index is -2.55. The van der Waals surface area contributed by atoms with Crippen molar-refractivity contribution in [2.75, 3.05) is 0 Å². The molecule has 1 saturated carbocycles. The normalized spacial score (nSPS) is 17.6. The summed E-state index contributed by atoms with van der Waals surface area (Å²) >= 11 is 0. The van der Waals surface area contributed by atoms with Gasteiger partial charge in [0.05, 0.1) is 5.69 Å². The SMILES string of the molecule is Cc1cc(C)n(-c2cc(C(N)=O)cc(CC3CCC(F)(F)CC3)n2)n1. The standard InChI is InChI=1S/C18H22F2N4O/c1-11-7-12(2)24(23-11)16-10-14(17(21)25)9-15(22-16)8-13-3-5-18(19,20)6-4-13/h7,9-10,13H,3-6,8H2,1-2H3,(H2,21,25). The number of halogens is 2. The third-order valence-corrected chi connectivity index (χ3v) is 4.71. The van der Waals surface area contributed by atoms with Gasteiger partial charge in [-0.1, -0.05) is 0 Å². The Labute approximate surface area is 145 Å². The molecule has 0 radical (unpaired) electrons. The van der Waals surface area contributed by atoms with E-state index < -0.39 is 11.8 Å². The molecule has 2 aromatic rings. The van der Waals surface area contributed by atoms with E-state index in [1.807, 2.05) is 19.9 Å². The number of nitrogens with two attached hydrogens (primary N) is 1. The smallest absolute Gasteiger partial charge is 0.248 e. The van der Waals surface area contributed by atoms with Gasteiger partial charge in [-0.15, -0.1) is 0 Å². The van der Waals surface area contributed by atoms with E-state index in [1.165, 1.54) is 0 Å². The lowest BCUT2D eigenvalue weighted by Gasteiger charge is -2.28. The highest BCUT2D eigenvalue weighted by Crippen LogP contribution is 2.37. The number of amides is 1. The second-order valence-corrected chi connectivity index (χ2v) is 6.91. The fourth-order valence-corrected chi connectivity index (χ4v) is 3.39. The fourth-order valence-electron chi connectivity index (χ4n) is 3.39. The molecule has 134 valence electrons. The second-order valence-electron chi connectivity index (χ2n) is 6.91. The molecule has 1 aliphatic carbocycles. The van der Waals surface area contributed by atoms with Crippen LogP contribution in [-0.4, -0.2) is 26.6 Å². The van der Waals surface area contributed by atoms with Crippen LogP contribution in [0, 0.1) is 19.8 Å². The molecule has 2 N–H and O–H groups in total. The predicted octanol–water partition coefficient (Wildman–Crippen LogP) is 3.35. The Hall–Kier alpha value is -2.31. The summed E-state index contributed by atoms with van der Waals surface area (Å²) in [7, 11) is 0. The zero-order valence-corrected chi connectivity index (χ0v) is 14.4. The molecule has 0 aromatic carbocycles. The molecule has 2 heterocycles. The maximum atomic E-state index is 13.3. The van der Waals surface area contributed by atoms with Crippen molar-refractivity contribution >= 4 is 5.91 Å². The van der Waals surface area contributed by atoms with Crippen molar-refractivity contribution in [2.45, 2.75) is 51.9 Å². The first-order chi connectivity index (χ1) is 11.7. The van der Waals surface area contributed by atoms with Gasteiger partial charge in [0.25, 0.3) is 0 Å². The number of nitrogens with zero attached hydrogens (tertiary/aromatic N) is 3. The number of rotatable bonds is 4. The molecule has 0 aliphatic heterocycles. The van der Waals surface area contributed by atoms with Crippen LogP contribution in [0.2, 0.25) is 0 Å². The number of primary amides is 1. The van der Waals surface area contributed by atoms with E-state index in [2.05, 4.69) is 10.1 Å². The van der Waals surface area contributed by atoms with Gasteiger partial charge < -0.3 is 5.73 Å². The van der Waals surface area contributed by atoms with E-state index in [0.717, 1.165) is 11.4 Å². The Bertz CT molecular complexity index is 790. The van der Waals surface area contributed by atoms with Gasteiger partial charge >= 0.3 is 0 Å². The number of alkyl halides is 2. The molecule has 3 rings (SSSR count). The molecule has 0 saturated heterocycles. The summed E-state index contributed by atoms with van der Waals surface area (Å²) in [6, 6.07) is 5.19. The van der Waals surface area contributed by atoms with Crippen molar-refractivity contribution in [2.24, 2.45) is 11.7 Å². The van der Waals surface area contributed by atoms with Crippen molar-refractivity contribution < 1.29 is 13.6 Å². The number of hydrogen-bond donors (Lipinski definition) is 1. The first kappa shape index (κ1) is 17.5. The van der Waals surface area contributed by atoms with E-state index in [1.54, 1.807) is 16.8 Å².